The number of aromatic nitrogens is 5. The summed E-state index contributed by atoms with van der Waals surface area (Å²) in [5.41, 5.74) is 2.19. The normalized spacial score (nSPS) is 20.2. The van der Waals surface area contributed by atoms with Crippen molar-refractivity contribution in [3.05, 3.63) is 60.2 Å². The quantitative estimate of drug-likeness (QED) is 0.443. The van der Waals surface area contributed by atoms with E-state index in [1.165, 1.54) is 6.07 Å². The largest absolute Gasteiger partial charge is 0.395 e. The average Bonchev–Trinajstić information content (AvgIpc) is 3.58. The number of anilines is 2. The van der Waals surface area contributed by atoms with Gasteiger partial charge in [0.05, 0.1) is 38.3 Å². The fraction of sp³-hybridized carbons (Fsp3) is 0.423. The fourth-order valence-corrected chi connectivity index (χ4v) is 5.56. The molecule has 0 bridgehead atoms. The first kappa shape index (κ1) is 22.9. The van der Waals surface area contributed by atoms with Crippen molar-refractivity contribution in [2.45, 2.75) is 31.2 Å². The van der Waals surface area contributed by atoms with E-state index in [-0.39, 0.29) is 18.5 Å². The summed E-state index contributed by atoms with van der Waals surface area (Å²) in [5.74, 6) is 1.35. The van der Waals surface area contributed by atoms with Crippen LogP contribution in [0.1, 0.15) is 25.3 Å². The molecule has 2 saturated heterocycles. The molecule has 188 valence electrons. The van der Waals surface area contributed by atoms with E-state index in [9.17, 15) is 9.50 Å². The van der Waals surface area contributed by atoms with E-state index in [1.807, 2.05) is 18.3 Å². The smallest absolute Gasteiger partial charge is 0.167 e. The van der Waals surface area contributed by atoms with Crippen LogP contribution in [0.2, 0.25) is 0 Å². The second-order valence-electron chi connectivity index (χ2n) is 9.79. The summed E-state index contributed by atoms with van der Waals surface area (Å²) in [5, 5.41) is 23.4. The van der Waals surface area contributed by atoms with E-state index in [2.05, 4.69) is 38.1 Å². The van der Waals surface area contributed by atoms with Gasteiger partial charge in [-0.15, -0.1) is 0 Å². The molecule has 2 aliphatic rings. The van der Waals surface area contributed by atoms with Gasteiger partial charge in [0.25, 0.3) is 0 Å². The lowest BCUT2D eigenvalue weighted by Gasteiger charge is -2.43. The number of halogens is 1. The number of hydrogen-bond acceptors (Lipinski definition) is 7. The van der Waals surface area contributed by atoms with Crippen LogP contribution in [0.5, 0.6) is 0 Å². The summed E-state index contributed by atoms with van der Waals surface area (Å²) in [6, 6.07) is 10.9. The van der Waals surface area contributed by atoms with Crippen molar-refractivity contribution in [2.24, 2.45) is 0 Å². The first-order valence-corrected chi connectivity index (χ1v) is 12.4. The minimum Gasteiger partial charge on any atom is -0.395 e. The lowest BCUT2D eigenvalue weighted by Crippen LogP contribution is -2.46. The van der Waals surface area contributed by atoms with Gasteiger partial charge >= 0.3 is 0 Å². The van der Waals surface area contributed by atoms with E-state index in [1.54, 1.807) is 23.0 Å². The Morgan fingerprint density at radius 3 is 2.78 bits per heavy atom. The number of H-pyrrole nitrogens is 1. The van der Waals surface area contributed by atoms with Crippen LogP contribution in [-0.2, 0) is 10.2 Å². The highest BCUT2D eigenvalue weighted by molar-refractivity contribution is 5.83. The minimum atomic E-state index is -0.461. The van der Waals surface area contributed by atoms with Gasteiger partial charge in [-0.2, -0.15) is 14.9 Å². The van der Waals surface area contributed by atoms with Gasteiger partial charge in [0.2, 0.25) is 0 Å². The lowest BCUT2D eigenvalue weighted by molar-refractivity contribution is 0.0985. The molecule has 0 amide bonds. The van der Waals surface area contributed by atoms with Crippen molar-refractivity contribution in [3.8, 4) is 5.82 Å². The number of ether oxygens (including phenoxy) is 1. The van der Waals surface area contributed by atoms with Crippen LogP contribution < -0.4 is 9.80 Å². The number of morpholine rings is 1. The van der Waals surface area contributed by atoms with Crippen molar-refractivity contribution in [1.29, 1.82) is 0 Å². The summed E-state index contributed by atoms with van der Waals surface area (Å²) >= 11 is 0. The third kappa shape index (κ3) is 3.90. The second kappa shape index (κ2) is 9.18. The van der Waals surface area contributed by atoms with Crippen LogP contribution >= 0.6 is 0 Å². The van der Waals surface area contributed by atoms with E-state index in [0.717, 1.165) is 53.3 Å². The molecule has 5 heterocycles. The van der Waals surface area contributed by atoms with Crippen molar-refractivity contribution in [3.63, 3.8) is 0 Å². The molecule has 1 aromatic carbocycles. The number of piperidine rings is 1. The molecule has 0 aliphatic carbocycles. The van der Waals surface area contributed by atoms with Crippen LogP contribution in [-0.4, -0.2) is 75.6 Å². The maximum atomic E-state index is 13.8. The van der Waals surface area contributed by atoms with Crippen molar-refractivity contribution < 1.29 is 14.2 Å². The number of aromatic amines is 1. The van der Waals surface area contributed by atoms with Gasteiger partial charge in [0.15, 0.2) is 11.5 Å². The first-order chi connectivity index (χ1) is 17.6. The first-order valence-electron chi connectivity index (χ1n) is 12.4. The van der Waals surface area contributed by atoms with Crippen LogP contribution in [0.15, 0.2) is 48.8 Å². The van der Waals surface area contributed by atoms with E-state index in [0.29, 0.717) is 26.3 Å². The number of aliphatic hydroxyl groups is 1. The highest BCUT2D eigenvalue weighted by atomic mass is 19.1. The standard InChI is InChI=1S/C26H30FN7O2/c1-18-16-36-12-11-33(18)24-14-22(21-15-29-34(25(21)30-24)23-5-8-28-31-23)26(17-35)6-9-32(10-7-26)20-4-2-3-19(27)13-20/h2-5,8,13-15,18,35H,6-7,9-12,16-17H2,1H3,(H,28,31)/t18-/m1/s1. The summed E-state index contributed by atoms with van der Waals surface area (Å²) in [7, 11) is 0. The molecule has 0 radical (unpaired) electrons. The number of aliphatic hydroxyl groups excluding tert-OH is 1. The number of nitrogens with one attached hydrogen (secondary N) is 1. The maximum Gasteiger partial charge on any atom is 0.167 e. The molecule has 4 aromatic rings. The Kier molecular flexibility index (Phi) is 5.85. The van der Waals surface area contributed by atoms with Crippen LogP contribution in [0.25, 0.3) is 16.9 Å². The molecule has 36 heavy (non-hydrogen) atoms. The predicted molar refractivity (Wildman–Crippen MR) is 135 cm³/mol. The predicted octanol–water partition coefficient (Wildman–Crippen LogP) is 3.04. The van der Waals surface area contributed by atoms with Crippen LogP contribution in [0, 0.1) is 5.82 Å². The third-order valence-corrected chi connectivity index (χ3v) is 7.67. The van der Waals surface area contributed by atoms with E-state index < -0.39 is 5.41 Å². The van der Waals surface area contributed by atoms with Gasteiger partial charge in [-0.25, -0.2) is 9.37 Å². The van der Waals surface area contributed by atoms with E-state index >= 15 is 0 Å². The number of fused-ring (bicyclic) bond motifs is 1. The molecule has 0 unspecified atom stereocenters. The summed E-state index contributed by atoms with van der Waals surface area (Å²) in [4.78, 5) is 9.50. The Bertz CT molecular complexity index is 1350. The zero-order chi connectivity index (χ0) is 24.7. The molecular formula is C26H30FN7O2. The van der Waals surface area contributed by atoms with Crippen molar-refractivity contribution in [2.75, 3.05) is 49.3 Å². The van der Waals surface area contributed by atoms with Gasteiger partial charge in [-0.05, 0) is 49.6 Å². The number of pyridine rings is 1. The Morgan fingerprint density at radius 1 is 1.19 bits per heavy atom. The molecule has 0 saturated carbocycles. The molecule has 6 rings (SSSR count). The SMILES string of the molecule is C[C@@H]1COCCN1c1cc(C2(CO)CCN(c3cccc(F)c3)CC2)c2cnn(-c3ccn[nH]3)c2n1. The fourth-order valence-electron chi connectivity index (χ4n) is 5.56. The highest BCUT2D eigenvalue weighted by Gasteiger charge is 2.39. The Labute approximate surface area is 208 Å². The Hall–Kier alpha value is -3.50. The third-order valence-electron chi connectivity index (χ3n) is 7.67. The summed E-state index contributed by atoms with van der Waals surface area (Å²) in [6.07, 6.45) is 4.98. The van der Waals surface area contributed by atoms with Crippen LogP contribution in [0.3, 0.4) is 0 Å². The number of hydrogen-bond donors (Lipinski definition) is 2. The number of nitrogens with zero attached hydrogens (tertiary/aromatic N) is 6. The van der Waals surface area contributed by atoms with Gasteiger partial charge in [-0.1, -0.05) is 6.07 Å². The minimum absolute atomic E-state index is 0.0104. The molecule has 1 atom stereocenters. The molecular weight excluding hydrogens is 461 g/mol. The van der Waals surface area contributed by atoms with Crippen molar-refractivity contribution >= 4 is 22.5 Å². The highest BCUT2D eigenvalue weighted by Crippen LogP contribution is 2.41. The monoisotopic (exact) mass is 491 g/mol. The number of benzene rings is 1. The zero-order valence-electron chi connectivity index (χ0n) is 20.3. The molecule has 10 heteroatoms. The van der Waals surface area contributed by atoms with Crippen molar-refractivity contribution in [1.82, 2.24) is 25.0 Å². The Morgan fingerprint density at radius 2 is 2.06 bits per heavy atom. The molecule has 9 nitrogen and oxygen atoms in total. The average molecular weight is 492 g/mol. The molecule has 2 fully saturated rings. The molecule has 2 aliphatic heterocycles. The second-order valence-corrected chi connectivity index (χ2v) is 9.79. The Balaban J connectivity index is 1.43. The summed E-state index contributed by atoms with van der Waals surface area (Å²) in [6.45, 7) is 5.61. The van der Waals surface area contributed by atoms with Gasteiger partial charge in [0, 0.05) is 42.2 Å². The zero-order valence-corrected chi connectivity index (χ0v) is 20.3. The van der Waals surface area contributed by atoms with Crippen LogP contribution in [0.4, 0.5) is 15.9 Å². The van der Waals surface area contributed by atoms with Gasteiger partial charge in [-0.3, -0.25) is 5.10 Å². The number of rotatable bonds is 5. The van der Waals surface area contributed by atoms with E-state index in [4.69, 9.17) is 9.72 Å². The molecule has 2 N–H and O–H groups in total. The molecule has 3 aromatic heterocycles. The maximum absolute atomic E-state index is 13.8. The van der Waals surface area contributed by atoms with Gasteiger partial charge < -0.3 is 19.6 Å². The summed E-state index contributed by atoms with van der Waals surface area (Å²) < 4.78 is 21.3. The molecule has 0 spiro atoms. The van der Waals surface area contributed by atoms with Gasteiger partial charge in [0.1, 0.15) is 11.6 Å². The lowest BCUT2D eigenvalue weighted by atomic mass is 9.72. The topological polar surface area (TPSA) is 95.3 Å².